The van der Waals surface area contributed by atoms with Gasteiger partial charge in [0, 0.05) is 46.4 Å². The van der Waals surface area contributed by atoms with Gasteiger partial charge in [-0.3, -0.25) is 9.69 Å². The Kier molecular flexibility index (Phi) is 5.18. The lowest BCUT2D eigenvalue weighted by Crippen LogP contribution is -2.61. The molecular formula is C15H27N3O2. The fraction of sp³-hybridized carbons (Fsp3) is 0.800. The maximum absolute atomic E-state index is 12.8. The number of nitrogens with one attached hydrogen (secondary N) is 1. The van der Waals surface area contributed by atoms with Crippen LogP contribution >= 0.6 is 0 Å². The molecule has 114 valence electrons. The summed E-state index contributed by atoms with van der Waals surface area (Å²) in [7, 11) is 1.71. The summed E-state index contributed by atoms with van der Waals surface area (Å²) in [5, 5.41) is 3.34. The SMILES string of the molecule is COCC1=CCN(C(=O)C(C)(C)N2CCNCC2)CC1. The molecule has 0 saturated carbocycles. The Morgan fingerprint density at radius 2 is 2.05 bits per heavy atom. The molecule has 20 heavy (non-hydrogen) atoms. The number of hydrogen-bond donors (Lipinski definition) is 1. The first-order valence-corrected chi connectivity index (χ1v) is 7.47. The summed E-state index contributed by atoms with van der Waals surface area (Å²) >= 11 is 0. The predicted octanol–water partition coefficient (Wildman–Crippen LogP) is 0.475. The first-order chi connectivity index (χ1) is 9.55. The minimum Gasteiger partial charge on any atom is -0.380 e. The van der Waals surface area contributed by atoms with Gasteiger partial charge in [-0.2, -0.15) is 0 Å². The van der Waals surface area contributed by atoms with E-state index in [1.54, 1.807) is 7.11 Å². The minimum atomic E-state index is -0.408. The van der Waals surface area contributed by atoms with E-state index in [2.05, 4.69) is 30.1 Å². The van der Waals surface area contributed by atoms with E-state index in [1.807, 2.05) is 4.90 Å². The molecule has 0 spiro atoms. The Labute approximate surface area is 121 Å². The van der Waals surface area contributed by atoms with Crippen LogP contribution in [0.4, 0.5) is 0 Å². The number of ether oxygens (including phenoxy) is 1. The monoisotopic (exact) mass is 281 g/mol. The fourth-order valence-electron chi connectivity index (χ4n) is 2.96. The summed E-state index contributed by atoms with van der Waals surface area (Å²) in [6, 6.07) is 0. The molecule has 1 saturated heterocycles. The van der Waals surface area contributed by atoms with Crippen molar-refractivity contribution in [3.05, 3.63) is 11.6 Å². The zero-order valence-corrected chi connectivity index (χ0v) is 12.9. The number of rotatable bonds is 4. The molecule has 0 atom stereocenters. The molecule has 2 aliphatic rings. The Bertz CT molecular complexity index is 373. The fourth-order valence-corrected chi connectivity index (χ4v) is 2.96. The first kappa shape index (κ1) is 15.5. The van der Waals surface area contributed by atoms with Gasteiger partial charge in [0.25, 0.3) is 0 Å². The number of methoxy groups -OCH3 is 1. The third-order valence-corrected chi connectivity index (χ3v) is 4.35. The molecule has 0 unspecified atom stereocenters. The lowest BCUT2D eigenvalue weighted by molar-refractivity contribution is -0.142. The van der Waals surface area contributed by atoms with Crippen LogP contribution in [0.15, 0.2) is 11.6 Å². The third-order valence-electron chi connectivity index (χ3n) is 4.35. The van der Waals surface area contributed by atoms with Gasteiger partial charge in [0.15, 0.2) is 0 Å². The lowest BCUT2D eigenvalue weighted by Gasteiger charge is -2.43. The van der Waals surface area contributed by atoms with E-state index in [0.29, 0.717) is 13.2 Å². The van der Waals surface area contributed by atoms with E-state index in [-0.39, 0.29) is 5.91 Å². The molecule has 0 aliphatic carbocycles. The van der Waals surface area contributed by atoms with Crippen LogP contribution in [0.25, 0.3) is 0 Å². The van der Waals surface area contributed by atoms with Gasteiger partial charge in [-0.25, -0.2) is 0 Å². The van der Waals surface area contributed by atoms with E-state index >= 15 is 0 Å². The van der Waals surface area contributed by atoms with Crippen LogP contribution < -0.4 is 5.32 Å². The van der Waals surface area contributed by atoms with Crippen LogP contribution in [0, 0.1) is 0 Å². The molecule has 2 rings (SSSR count). The summed E-state index contributed by atoms with van der Waals surface area (Å²) in [6.45, 7) is 10.1. The Hall–Kier alpha value is -0.910. The van der Waals surface area contributed by atoms with Crippen molar-refractivity contribution in [1.29, 1.82) is 0 Å². The summed E-state index contributed by atoms with van der Waals surface area (Å²) in [5.41, 5.74) is 0.894. The van der Waals surface area contributed by atoms with Gasteiger partial charge < -0.3 is 15.0 Å². The summed E-state index contributed by atoms with van der Waals surface area (Å²) in [6.07, 6.45) is 3.07. The van der Waals surface area contributed by atoms with E-state index in [1.165, 1.54) is 5.57 Å². The van der Waals surface area contributed by atoms with Gasteiger partial charge in [0.05, 0.1) is 12.1 Å². The van der Waals surface area contributed by atoms with Gasteiger partial charge in [-0.1, -0.05) is 6.08 Å². The van der Waals surface area contributed by atoms with E-state index in [0.717, 1.165) is 39.1 Å². The average Bonchev–Trinajstić information content (AvgIpc) is 2.48. The number of carbonyl (C=O) groups excluding carboxylic acids is 1. The zero-order chi connectivity index (χ0) is 14.6. The Morgan fingerprint density at radius 3 is 2.60 bits per heavy atom. The molecule has 0 aromatic rings. The quantitative estimate of drug-likeness (QED) is 0.761. The smallest absolute Gasteiger partial charge is 0.242 e. The van der Waals surface area contributed by atoms with Crippen LogP contribution in [0.5, 0.6) is 0 Å². The predicted molar refractivity (Wildman–Crippen MR) is 79.7 cm³/mol. The van der Waals surface area contributed by atoms with E-state index in [4.69, 9.17) is 4.74 Å². The highest BCUT2D eigenvalue weighted by Gasteiger charge is 2.38. The number of carbonyl (C=O) groups is 1. The number of piperazine rings is 1. The van der Waals surface area contributed by atoms with Crippen molar-refractivity contribution in [2.75, 3.05) is 53.0 Å². The number of amides is 1. The molecule has 0 aromatic heterocycles. The molecule has 5 nitrogen and oxygen atoms in total. The summed E-state index contributed by atoms with van der Waals surface area (Å²) in [4.78, 5) is 17.1. The van der Waals surface area contributed by atoms with E-state index in [9.17, 15) is 4.79 Å². The van der Waals surface area contributed by atoms with Gasteiger partial charge in [0.1, 0.15) is 0 Å². The van der Waals surface area contributed by atoms with Gasteiger partial charge >= 0.3 is 0 Å². The highest BCUT2D eigenvalue weighted by molar-refractivity contribution is 5.85. The van der Waals surface area contributed by atoms with Gasteiger partial charge in [-0.15, -0.1) is 0 Å². The molecule has 0 radical (unpaired) electrons. The van der Waals surface area contributed by atoms with Gasteiger partial charge in [0.2, 0.25) is 5.91 Å². The molecule has 1 amide bonds. The molecule has 2 heterocycles. The van der Waals surface area contributed by atoms with Crippen molar-refractivity contribution in [3.63, 3.8) is 0 Å². The Balaban J connectivity index is 1.96. The standard InChI is InChI=1S/C15H27N3O2/c1-15(2,18-10-6-16-7-11-18)14(19)17-8-4-13(5-9-17)12-20-3/h4,16H,5-12H2,1-3H3. The maximum atomic E-state index is 12.8. The molecular weight excluding hydrogens is 254 g/mol. The van der Waals surface area contributed by atoms with Crippen LogP contribution in [0.3, 0.4) is 0 Å². The second kappa shape index (κ2) is 6.70. The average molecular weight is 281 g/mol. The highest BCUT2D eigenvalue weighted by Crippen LogP contribution is 2.21. The van der Waals surface area contributed by atoms with Crippen LogP contribution in [-0.2, 0) is 9.53 Å². The highest BCUT2D eigenvalue weighted by atomic mass is 16.5. The number of nitrogens with zero attached hydrogens (tertiary/aromatic N) is 2. The van der Waals surface area contributed by atoms with Crippen molar-refractivity contribution < 1.29 is 9.53 Å². The van der Waals surface area contributed by atoms with E-state index < -0.39 is 5.54 Å². The second-order valence-corrected chi connectivity index (χ2v) is 6.09. The Morgan fingerprint density at radius 1 is 1.35 bits per heavy atom. The van der Waals surface area contributed by atoms with Crippen molar-refractivity contribution in [2.45, 2.75) is 25.8 Å². The largest absolute Gasteiger partial charge is 0.380 e. The zero-order valence-electron chi connectivity index (χ0n) is 12.9. The summed E-state index contributed by atoms with van der Waals surface area (Å²) in [5.74, 6) is 0.243. The van der Waals surface area contributed by atoms with Crippen LogP contribution in [-0.4, -0.2) is 74.2 Å². The molecule has 1 N–H and O–H groups in total. The topological polar surface area (TPSA) is 44.8 Å². The van der Waals surface area contributed by atoms with Crippen LogP contribution in [0.2, 0.25) is 0 Å². The molecule has 0 bridgehead atoms. The molecule has 2 aliphatic heterocycles. The normalized spacial score (nSPS) is 21.8. The first-order valence-electron chi connectivity index (χ1n) is 7.47. The number of hydrogen-bond acceptors (Lipinski definition) is 4. The van der Waals surface area contributed by atoms with Crippen molar-refractivity contribution in [1.82, 2.24) is 15.1 Å². The molecule has 5 heteroatoms. The maximum Gasteiger partial charge on any atom is 0.242 e. The van der Waals surface area contributed by atoms with Crippen molar-refractivity contribution in [3.8, 4) is 0 Å². The second-order valence-electron chi connectivity index (χ2n) is 6.09. The van der Waals surface area contributed by atoms with Crippen molar-refractivity contribution in [2.24, 2.45) is 0 Å². The molecule has 1 fully saturated rings. The van der Waals surface area contributed by atoms with Crippen LogP contribution in [0.1, 0.15) is 20.3 Å². The minimum absolute atomic E-state index is 0.243. The van der Waals surface area contributed by atoms with Gasteiger partial charge in [-0.05, 0) is 25.8 Å². The molecule has 0 aromatic carbocycles. The van der Waals surface area contributed by atoms with Crippen molar-refractivity contribution >= 4 is 5.91 Å². The third kappa shape index (κ3) is 3.40. The lowest BCUT2D eigenvalue weighted by atomic mass is 9.98. The summed E-state index contributed by atoms with van der Waals surface area (Å²) < 4.78 is 5.15.